The number of carbonyl (C=O) groups excluding carboxylic acids is 3. The van der Waals surface area contributed by atoms with Gasteiger partial charge in [-0.05, 0) is 61.0 Å². The fourth-order valence-corrected chi connectivity index (χ4v) is 2.42. The highest BCUT2D eigenvalue weighted by Gasteiger charge is 2.13. The van der Waals surface area contributed by atoms with E-state index >= 15 is 0 Å². The summed E-state index contributed by atoms with van der Waals surface area (Å²) in [5.74, 6) is -1.45. The molecule has 0 aliphatic heterocycles. The second kappa shape index (κ2) is 10.4. The zero-order valence-electron chi connectivity index (χ0n) is 16.5. The Balaban J connectivity index is 1.51. The largest absolute Gasteiger partial charge is 0.494 e. The molecule has 0 aliphatic carbocycles. The minimum atomic E-state index is -0.939. The molecule has 2 N–H and O–H groups in total. The van der Waals surface area contributed by atoms with E-state index in [1.54, 1.807) is 48.5 Å². The van der Waals surface area contributed by atoms with Gasteiger partial charge in [-0.25, -0.2) is 10.2 Å². The fourth-order valence-electron chi connectivity index (χ4n) is 2.42. The molecule has 3 rings (SSSR count). The van der Waals surface area contributed by atoms with Crippen molar-refractivity contribution < 1.29 is 28.3 Å². The van der Waals surface area contributed by atoms with Crippen LogP contribution in [0, 0.1) is 0 Å². The molecule has 0 saturated heterocycles. The number of esters is 1. The molecule has 0 bridgehead atoms. The summed E-state index contributed by atoms with van der Waals surface area (Å²) in [4.78, 5) is 35.8. The quantitative estimate of drug-likeness (QED) is 0.199. The number of hydrogen-bond acceptors (Lipinski definition) is 7. The zero-order chi connectivity index (χ0) is 22.1. The van der Waals surface area contributed by atoms with Gasteiger partial charge < -0.3 is 19.2 Å². The monoisotopic (exact) mass is 421 g/mol. The molecule has 3 aromatic rings. The van der Waals surface area contributed by atoms with Gasteiger partial charge in [0.15, 0.2) is 0 Å². The molecule has 9 nitrogen and oxygen atoms in total. The lowest BCUT2D eigenvalue weighted by molar-refractivity contribution is -0.136. The lowest BCUT2D eigenvalue weighted by atomic mass is 10.2. The van der Waals surface area contributed by atoms with Crippen molar-refractivity contribution in [2.45, 2.75) is 6.92 Å². The minimum Gasteiger partial charge on any atom is -0.494 e. The zero-order valence-corrected chi connectivity index (χ0v) is 16.5. The van der Waals surface area contributed by atoms with Crippen molar-refractivity contribution >= 4 is 29.7 Å². The van der Waals surface area contributed by atoms with Crippen molar-refractivity contribution in [3.8, 4) is 11.5 Å². The third-order valence-corrected chi connectivity index (χ3v) is 3.80. The summed E-state index contributed by atoms with van der Waals surface area (Å²) in [5, 5.41) is 6.21. The number of hydrogen-bond donors (Lipinski definition) is 2. The Labute approximate surface area is 177 Å². The molecule has 158 valence electrons. The van der Waals surface area contributed by atoms with Crippen LogP contribution in [0.3, 0.4) is 0 Å². The van der Waals surface area contributed by atoms with Crippen LogP contribution >= 0.6 is 0 Å². The average Bonchev–Trinajstić information content (AvgIpc) is 3.31. The molecule has 9 heteroatoms. The van der Waals surface area contributed by atoms with Gasteiger partial charge in [-0.3, -0.25) is 9.59 Å². The first-order chi connectivity index (χ1) is 15.0. The fraction of sp³-hybridized carbons (Fsp3) is 0.0909. The maximum Gasteiger partial charge on any atom is 0.379 e. The molecule has 0 fully saturated rings. The second-order valence-electron chi connectivity index (χ2n) is 6.05. The number of furan rings is 1. The molecule has 2 amide bonds. The number of benzene rings is 2. The second-order valence-corrected chi connectivity index (χ2v) is 6.05. The van der Waals surface area contributed by atoms with Crippen molar-refractivity contribution in [3.05, 3.63) is 78.3 Å². The van der Waals surface area contributed by atoms with Crippen molar-refractivity contribution in [2.24, 2.45) is 5.10 Å². The summed E-state index contributed by atoms with van der Waals surface area (Å²) >= 11 is 0. The first kappa shape index (κ1) is 21.3. The van der Waals surface area contributed by atoms with Crippen LogP contribution in [0.15, 0.2) is 76.4 Å². The van der Waals surface area contributed by atoms with E-state index in [4.69, 9.17) is 13.9 Å². The maximum atomic E-state index is 12.0. The molecule has 0 unspecified atom stereocenters. The number of carbonyl (C=O) groups is 3. The summed E-state index contributed by atoms with van der Waals surface area (Å²) in [5.41, 5.74) is 3.12. The minimum absolute atomic E-state index is 0.0740. The highest BCUT2D eigenvalue weighted by Crippen LogP contribution is 2.16. The van der Waals surface area contributed by atoms with Gasteiger partial charge in [0.25, 0.3) is 0 Å². The third kappa shape index (κ3) is 6.29. The maximum absolute atomic E-state index is 12.0. The predicted octanol–water partition coefficient (Wildman–Crippen LogP) is 2.99. The van der Waals surface area contributed by atoms with E-state index in [-0.39, 0.29) is 11.5 Å². The SMILES string of the molecule is CCOc1ccc(NC(=O)C(=O)N/N=C/c2cccc(OC(=O)c3ccco3)c2)cc1. The Kier molecular flexibility index (Phi) is 7.15. The highest BCUT2D eigenvalue weighted by molar-refractivity contribution is 6.39. The molecule has 31 heavy (non-hydrogen) atoms. The molecule has 2 aromatic carbocycles. The highest BCUT2D eigenvalue weighted by atomic mass is 16.5. The summed E-state index contributed by atoms with van der Waals surface area (Å²) in [6, 6.07) is 16.1. The third-order valence-electron chi connectivity index (χ3n) is 3.80. The Bertz CT molecular complexity index is 1070. The number of nitrogens with zero attached hydrogens (tertiary/aromatic N) is 1. The van der Waals surface area contributed by atoms with Crippen molar-refractivity contribution in [2.75, 3.05) is 11.9 Å². The Morgan fingerprint density at radius 1 is 1.00 bits per heavy atom. The number of nitrogens with one attached hydrogen (secondary N) is 2. The lowest BCUT2D eigenvalue weighted by Gasteiger charge is -2.06. The van der Waals surface area contributed by atoms with E-state index in [9.17, 15) is 14.4 Å². The molecule has 0 spiro atoms. The Hall–Kier alpha value is -4.40. The van der Waals surface area contributed by atoms with Crippen LogP contribution < -0.4 is 20.2 Å². The van der Waals surface area contributed by atoms with E-state index in [1.807, 2.05) is 6.92 Å². The number of anilines is 1. The first-order valence-electron chi connectivity index (χ1n) is 9.28. The van der Waals surface area contributed by atoms with Gasteiger partial charge in [0.05, 0.1) is 19.1 Å². The van der Waals surface area contributed by atoms with Crippen LogP contribution in [0.5, 0.6) is 11.5 Å². The normalized spacial score (nSPS) is 10.5. The molecular weight excluding hydrogens is 402 g/mol. The lowest BCUT2D eigenvalue weighted by Crippen LogP contribution is -2.32. The van der Waals surface area contributed by atoms with Crippen LogP contribution in [-0.4, -0.2) is 30.6 Å². The predicted molar refractivity (Wildman–Crippen MR) is 112 cm³/mol. The smallest absolute Gasteiger partial charge is 0.379 e. The summed E-state index contributed by atoms with van der Waals surface area (Å²) < 4.78 is 15.5. The van der Waals surface area contributed by atoms with E-state index in [1.165, 1.54) is 24.6 Å². The van der Waals surface area contributed by atoms with Crippen LogP contribution in [-0.2, 0) is 9.59 Å². The molecule has 1 aromatic heterocycles. The number of amides is 2. The number of ether oxygens (including phenoxy) is 2. The summed E-state index contributed by atoms with van der Waals surface area (Å²) in [7, 11) is 0. The van der Waals surface area contributed by atoms with Gasteiger partial charge in [0.1, 0.15) is 11.5 Å². The summed E-state index contributed by atoms with van der Waals surface area (Å²) in [6.45, 7) is 2.39. The van der Waals surface area contributed by atoms with Crippen LogP contribution in [0.25, 0.3) is 0 Å². The Morgan fingerprint density at radius 2 is 1.81 bits per heavy atom. The van der Waals surface area contributed by atoms with E-state index < -0.39 is 17.8 Å². The van der Waals surface area contributed by atoms with Gasteiger partial charge in [-0.15, -0.1) is 0 Å². The average molecular weight is 421 g/mol. The number of rotatable bonds is 7. The van der Waals surface area contributed by atoms with Crippen LogP contribution in [0.2, 0.25) is 0 Å². The van der Waals surface area contributed by atoms with Crippen LogP contribution in [0.4, 0.5) is 5.69 Å². The molecular formula is C22H19N3O6. The van der Waals surface area contributed by atoms with E-state index in [0.717, 1.165) is 0 Å². The molecule has 1 heterocycles. The molecule has 0 atom stereocenters. The van der Waals surface area contributed by atoms with Gasteiger partial charge in [0, 0.05) is 5.69 Å². The standard InChI is InChI=1S/C22H19N3O6/c1-2-29-17-10-8-16(9-11-17)24-20(26)21(27)25-23-14-15-5-3-6-18(13-15)31-22(28)19-7-4-12-30-19/h3-14H,2H2,1H3,(H,24,26)(H,25,27)/b23-14+. The summed E-state index contributed by atoms with van der Waals surface area (Å²) in [6.07, 6.45) is 2.68. The van der Waals surface area contributed by atoms with E-state index in [2.05, 4.69) is 15.8 Å². The van der Waals surface area contributed by atoms with Gasteiger partial charge >= 0.3 is 17.8 Å². The number of hydrazone groups is 1. The van der Waals surface area contributed by atoms with Crippen molar-refractivity contribution in [1.82, 2.24) is 5.43 Å². The van der Waals surface area contributed by atoms with Crippen molar-refractivity contribution in [3.63, 3.8) is 0 Å². The topological polar surface area (TPSA) is 119 Å². The van der Waals surface area contributed by atoms with Gasteiger partial charge in [-0.2, -0.15) is 5.10 Å². The van der Waals surface area contributed by atoms with Crippen LogP contribution in [0.1, 0.15) is 23.0 Å². The van der Waals surface area contributed by atoms with Crippen molar-refractivity contribution in [1.29, 1.82) is 0 Å². The molecule has 0 aliphatic rings. The first-order valence-corrected chi connectivity index (χ1v) is 9.28. The van der Waals surface area contributed by atoms with E-state index in [0.29, 0.717) is 23.6 Å². The van der Waals surface area contributed by atoms with Gasteiger partial charge in [-0.1, -0.05) is 12.1 Å². The molecule has 0 saturated carbocycles. The Morgan fingerprint density at radius 3 is 2.52 bits per heavy atom. The molecule has 0 radical (unpaired) electrons. The van der Waals surface area contributed by atoms with Gasteiger partial charge in [0.2, 0.25) is 5.76 Å².